The number of pyridine rings is 1. The van der Waals surface area contributed by atoms with Gasteiger partial charge in [0.1, 0.15) is 11.3 Å². The van der Waals surface area contributed by atoms with Gasteiger partial charge in [-0.3, -0.25) is 4.79 Å². The van der Waals surface area contributed by atoms with E-state index in [9.17, 15) is 4.79 Å². The van der Waals surface area contributed by atoms with Crippen LogP contribution < -0.4 is 11.1 Å². The summed E-state index contributed by atoms with van der Waals surface area (Å²) in [5.41, 5.74) is 9.02. The Morgan fingerprint density at radius 2 is 1.93 bits per heavy atom. The standard InChI is InChI=1S/C22H31N5O/c1-3-10-18-26-20-21(16-11-7-8-12-17(16)25-22(20)23)27(18)15-9-5-6-13-19(28)24-14-4-2/h7-8,11-12H,3-6,9-10,13-15H2,1-2H3,(H2,23,25)(H,24,28). The van der Waals surface area contributed by atoms with Gasteiger partial charge in [0.2, 0.25) is 5.91 Å². The molecule has 0 spiro atoms. The molecule has 0 aliphatic carbocycles. The molecular weight excluding hydrogens is 350 g/mol. The molecule has 0 bridgehead atoms. The molecule has 3 rings (SSSR count). The van der Waals surface area contributed by atoms with Crippen LogP contribution in [0.5, 0.6) is 0 Å². The number of carbonyl (C=O) groups is 1. The van der Waals surface area contributed by atoms with Gasteiger partial charge in [0.05, 0.1) is 11.0 Å². The Bertz CT molecular complexity index is 947. The Morgan fingerprint density at radius 1 is 1.11 bits per heavy atom. The van der Waals surface area contributed by atoms with Crippen LogP contribution in [-0.4, -0.2) is 27.0 Å². The SMILES string of the molecule is CCCNC(=O)CCCCCn1c(CCC)nc2c(N)nc3ccccc3c21. The van der Waals surface area contributed by atoms with Crippen LogP contribution in [0.2, 0.25) is 0 Å². The lowest BCUT2D eigenvalue weighted by Gasteiger charge is -2.11. The maximum Gasteiger partial charge on any atom is 0.219 e. The number of fused-ring (bicyclic) bond motifs is 3. The monoisotopic (exact) mass is 381 g/mol. The van der Waals surface area contributed by atoms with Gasteiger partial charge in [-0.2, -0.15) is 0 Å². The number of nitrogens with one attached hydrogen (secondary N) is 1. The fourth-order valence-corrected chi connectivity index (χ4v) is 3.65. The lowest BCUT2D eigenvalue weighted by Crippen LogP contribution is -2.23. The molecule has 1 aromatic carbocycles. The predicted molar refractivity (Wildman–Crippen MR) is 115 cm³/mol. The fourth-order valence-electron chi connectivity index (χ4n) is 3.65. The molecule has 2 heterocycles. The number of rotatable bonds is 10. The molecule has 0 aliphatic rings. The Kier molecular flexibility index (Phi) is 6.85. The lowest BCUT2D eigenvalue weighted by atomic mass is 10.1. The van der Waals surface area contributed by atoms with Crippen molar-refractivity contribution in [3.8, 4) is 0 Å². The van der Waals surface area contributed by atoms with Crippen molar-refractivity contribution in [2.24, 2.45) is 0 Å². The van der Waals surface area contributed by atoms with Crippen LogP contribution in [0.15, 0.2) is 24.3 Å². The first kappa shape index (κ1) is 20.1. The third-order valence-electron chi connectivity index (χ3n) is 5.02. The van der Waals surface area contributed by atoms with Crippen molar-refractivity contribution in [3.05, 3.63) is 30.1 Å². The van der Waals surface area contributed by atoms with E-state index in [0.29, 0.717) is 12.2 Å². The van der Waals surface area contributed by atoms with Crippen LogP contribution in [0, 0.1) is 0 Å². The minimum atomic E-state index is 0.159. The minimum absolute atomic E-state index is 0.159. The zero-order valence-electron chi connectivity index (χ0n) is 17.0. The number of para-hydroxylation sites is 1. The number of nitrogen functional groups attached to an aromatic ring is 1. The number of anilines is 1. The minimum Gasteiger partial charge on any atom is -0.382 e. The molecule has 6 nitrogen and oxygen atoms in total. The molecule has 1 amide bonds. The smallest absolute Gasteiger partial charge is 0.219 e. The molecule has 0 atom stereocenters. The predicted octanol–water partition coefficient (Wildman–Crippen LogP) is 4.21. The molecule has 0 unspecified atom stereocenters. The van der Waals surface area contributed by atoms with Crippen LogP contribution in [-0.2, 0) is 17.8 Å². The number of benzene rings is 1. The van der Waals surface area contributed by atoms with E-state index in [-0.39, 0.29) is 5.91 Å². The number of carbonyl (C=O) groups excluding carboxylic acids is 1. The van der Waals surface area contributed by atoms with Crippen molar-refractivity contribution < 1.29 is 4.79 Å². The third kappa shape index (κ3) is 4.43. The second-order valence-electron chi connectivity index (χ2n) is 7.30. The highest BCUT2D eigenvalue weighted by Gasteiger charge is 2.16. The number of amides is 1. The quantitative estimate of drug-likeness (QED) is 0.515. The van der Waals surface area contributed by atoms with Gasteiger partial charge in [-0.05, 0) is 31.7 Å². The third-order valence-corrected chi connectivity index (χ3v) is 5.02. The zero-order chi connectivity index (χ0) is 19.9. The molecule has 0 radical (unpaired) electrons. The largest absolute Gasteiger partial charge is 0.382 e. The molecular formula is C22H31N5O. The van der Waals surface area contributed by atoms with Gasteiger partial charge >= 0.3 is 0 Å². The number of imidazole rings is 1. The second kappa shape index (κ2) is 9.53. The Balaban J connectivity index is 1.77. The summed E-state index contributed by atoms with van der Waals surface area (Å²) < 4.78 is 2.32. The van der Waals surface area contributed by atoms with E-state index in [0.717, 1.165) is 79.4 Å². The normalized spacial score (nSPS) is 11.4. The second-order valence-corrected chi connectivity index (χ2v) is 7.30. The van der Waals surface area contributed by atoms with Crippen molar-refractivity contribution in [2.45, 2.75) is 65.3 Å². The Labute approximate surface area is 166 Å². The first-order chi connectivity index (χ1) is 13.7. The maximum atomic E-state index is 11.7. The topological polar surface area (TPSA) is 85.8 Å². The van der Waals surface area contributed by atoms with E-state index in [2.05, 4.69) is 34.8 Å². The Morgan fingerprint density at radius 3 is 2.71 bits per heavy atom. The summed E-state index contributed by atoms with van der Waals surface area (Å²) in [6.07, 6.45) is 6.48. The molecule has 0 saturated heterocycles. The van der Waals surface area contributed by atoms with Gasteiger partial charge < -0.3 is 15.6 Å². The fraction of sp³-hybridized carbons (Fsp3) is 0.500. The lowest BCUT2D eigenvalue weighted by molar-refractivity contribution is -0.121. The number of aromatic nitrogens is 3. The number of aryl methyl sites for hydroxylation is 2. The summed E-state index contributed by atoms with van der Waals surface area (Å²) in [6.45, 7) is 5.88. The van der Waals surface area contributed by atoms with Crippen molar-refractivity contribution in [3.63, 3.8) is 0 Å². The highest BCUT2D eigenvalue weighted by Crippen LogP contribution is 2.29. The van der Waals surface area contributed by atoms with Crippen molar-refractivity contribution in [1.29, 1.82) is 0 Å². The molecule has 0 fully saturated rings. The summed E-state index contributed by atoms with van der Waals surface area (Å²) in [4.78, 5) is 21.1. The van der Waals surface area contributed by atoms with Gasteiger partial charge in [-0.25, -0.2) is 9.97 Å². The zero-order valence-corrected chi connectivity index (χ0v) is 17.0. The average Bonchev–Trinajstić information content (AvgIpc) is 3.06. The highest BCUT2D eigenvalue weighted by atomic mass is 16.1. The first-order valence-electron chi connectivity index (χ1n) is 10.5. The molecule has 2 aromatic heterocycles. The summed E-state index contributed by atoms with van der Waals surface area (Å²) in [5.74, 6) is 1.73. The van der Waals surface area contributed by atoms with Crippen molar-refractivity contribution >= 4 is 33.7 Å². The van der Waals surface area contributed by atoms with E-state index in [1.54, 1.807) is 0 Å². The molecule has 0 saturated carbocycles. The number of hydrogen-bond donors (Lipinski definition) is 2. The summed E-state index contributed by atoms with van der Waals surface area (Å²) in [7, 11) is 0. The van der Waals surface area contributed by atoms with Crippen molar-refractivity contribution in [1.82, 2.24) is 19.9 Å². The van der Waals surface area contributed by atoms with Crippen molar-refractivity contribution in [2.75, 3.05) is 12.3 Å². The van der Waals surface area contributed by atoms with E-state index in [4.69, 9.17) is 10.7 Å². The van der Waals surface area contributed by atoms with E-state index in [1.807, 2.05) is 18.2 Å². The van der Waals surface area contributed by atoms with Gasteiger partial charge in [0.15, 0.2) is 5.82 Å². The van der Waals surface area contributed by atoms with Crippen LogP contribution in [0.25, 0.3) is 21.9 Å². The number of nitrogens with two attached hydrogens (primary N) is 1. The molecule has 28 heavy (non-hydrogen) atoms. The molecule has 6 heteroatoms. The van der Waals surface area contributed by atoms with Crippen LogP contribution in [0.3, 0.4) is 0 Å². The van der Waals surface area contributed by atoms with Crippen LogP contribution in [0.4, 0.5) is 5.82 Å². The summed E-state index contributed by atoms with van der Waals surface area (Å²) in [6, 6.07) is 8.11. The first-order valence-corrected chi connectivity index (χ1v) is 10.5. The molecule has 0 aliphatic heterocycles. The summed E-state index contributed by atoms with van der Waals surface area (Å²) >= 11 is 0. The van der Waals surface area contributed by atoms with Gasteiger partial charge in [-0.15, -0.1) is 0 Å². The molecule has 3 N–H and O–H groups in total. The number of hydrogen-bond acceptors (Lipinski definition) is 4. The van der Waals surface area contributed by atoms with E-state index in [1.165, 1.54) is 0 Å². The number of unbranched alkanes of at least 4 members (excludes halogenated alkanes) is 2. The van der Waals surface area contributed by atoms with E-state index >= 15 is 0 Å². The maximum absolute atomic E-state index is 11.7. The van der Waals surface area contributed by atoms with Gasteiger partial charge in [0, 0.05) is 31.3 Å². The number of nitrogens with zero attached hydrogens (tertiary/aromatic N) is 3. The average molecular weight is 382 g/mol. The van der Waals surface area contributed by atoms with Gasteiger partial charge in [-0.1, -0.05) is 38.5 Å². The van der Waals surface area contributed by atoms with Gasteiger partial charge in [0.25, 0.3) is 0 Å². The van der Waals surface area contributed by atoms with E-state index < -0.39 is 0 Å². The van der Waals surface area contributed by atoms with Crippen LogP contribution >= 0.6 is 0 Å². The molecule has 150 valence electrons. The highest BCUT2D eigenvalue weighted by molar-refractivity contribution is 6.06. The summed E-state index contributed by atoms with van der Waals surface area (Å²) in [5, 5.41) is 4.04. The Hall–Kier alpha value is -2.63. The van der Waals surface area contributed by atoms with Crippen LogP contribution in [0.1, 0.15) is 58.2 Å². The molecule has 3 aromatic rings.